The number of hydrogen-bond acceptors (Lipinski definition) is 4. The number of nitrogens with zero attached hydrogens (tertiary/aromatic N) is 3. The molecule has 3 heterocycles. The summed E-state index contributed by atoms with van der Waals surface area (Å²) in [5.41, 5.74) is 3.94. The van der Waals surface area contributed by atoms with Crippen molar-refractivity contribution in [2.24, 2.45) is 12.8 Å². The minimum atomic E-state index is -4.73. The van der Waals surface area contributed by atoms with Crippen LogP contribution in [0, 0.1) is 6.92 Å². The minimum Gasteiger partial charge on any atom is -0.480 e. The Labute approximate surface area is 156 Å². The van der Waals surface area contributed by atoms with Crippen molar-refractivity contribution in [1.29, 1.82) is 0 Å². The zero-order valence-electron chi connectivity index (χ0n) is 15.0. The van der Waals surface area contributed by atoms with Crippen molar-refractivity contribution in [3.05, 3.63) is 57.9 Å². The van der Waals surface area contributed by atoms with Gasteiger partial charge in [0.15, 0.2) is 0 Å². The number of rotatable bonds is 4. The summed E-state index contributed by atoms with van der Waals surface area (Å²) in [6.07, 6.45) is -1.95. The molecule has 3 aromatic rings. The first-order valence-electron chi connectivity index (χ1n) is 8.24. The minimum absolute atomic E-state index is 0.00516. The van der Waals surface area contributed by atoms with E-state index in [1.165, 1.54) is 42.9 Å². The number of aromatic nitrogens is 3. The van der Waals surface area contributed by atoms with Gasteiger partial charge < -0.3 is 19.8 Å². The van der Waals surface area contributed by atoms with E-state index < -0.39 is 34.9 Å². The number of hydrogen-bond donors (Lipinski definition) is 2. The summed E-state index contributed by atoms with van der Waals surface area (Å²) >= 11 is 0. The van der Waals surface area contributed by atoms with Crippen LogP contribution in [0.1, 0.15) is 17.0 Å². The third-order valence-electron chi connectivity index (χ3n) is 4.62. The molecule has 7 nitrogen and oxygen atoms in total. The maximum Gasteiger partial charge on any atom is 0.417 e. The van der Waals surface area contributed by atoms with Gasteiger partial charge in [-0.1, -0.05) is 0 Å². The highest BCUT2D eigenvalue weighted by atomic mass is 19.4. The molecule has 0 saturated carbocycles. The average Bonchev–Trinajstić information content (AvgIpc) is 3.09. The molecule has 0 spiro atoms. The molecule has 0 saturated heterocycles. The first-order valence-corrected chi connectivity index (χ1v) is 8.24. The van der Waals surface area contributed by atoms with Gasteiger partial charge in [-0.05, 0) is 25.1 Å². The fraction of sp³-hybridized carbons (Fsp3) is 0.278. The number of imidazole rings is 1. The maximum atomic E-state index is 13.6. The predicted octanol–water partition coefficient (Wildman–Crippen LogP) is 1.98. The molecule has 0 aliphatic heterocycles. The Balaban J connectivity index is 2.30. The Bertz CT molecular complexity index is 1130. The summed E-state index contributed by atoms with van der Waals surface area (Å²) in [7, 11) is 1.39. The van der Waals surface area contributed by atoms with E-state index >= 15 is 0 Å². The predicted molar refractivity (Wildman–Crippen MR) is 94.9 cm³/mol. The van der Waals surface area contributed by atoms with Gasteiger partial charge in [0, 0.05) is 42.8 Å². The first-order chi connectivity index (χ1) is 13.0. The van der Waals surface area contributed by atoms with Crippen LogP contribution in [0.5, 0.6) is 0 Å². The lowest BCUT2D eigenvalue weighted by Gasteiger charge is -2.17. The summed E-state index contributed by atoms with van der Waals surface area (Å²) in [5.74, 6) is -1.20. The van der Waals surface area contributed by atoms with E-state index in [2.05, 4.69) is 4.98 Å². The van der Waals surface area contributed by atoms with Crippen LogP contribution in [0.3, 0.4) is 0 Å². The smallest absolute Gasteiger partial charge is 0.417 e. The fourth-order valence-corrected chi connectivity index (χ4v) is 3.05. The topological polar surface area (TPSA) is 103 Å². The molecule has 3 aromatic heterocycles. The number of carbonyl (C=O) groups is 1. The van der Waals surface area contributed by atoms with Gasteiger partial charge in [0.1, 0.15) is 11.7 Å². The van der Waals surface area contributed by atoms with Gasteiger partial charge >= 0.3 is 12.1 Å². The second-order valence-electron chi connectivity index (χ2n) is 6.44. The van der Waals surface area contributed by atoms with Gasteiger partial charge in [-0.2, -0.15) is 13.2 Å². The van der Waals surface area contributed by atoms with Crippen LogP contribution in [0.2, 0.25) is 0 Å². The number of nitrogens with two attached hydrogens (primary N) is 1. The number of carboxylic acids is 1. The molecular weight excluding hydrogens is 377 g/mol. The number of pyridine rings is 2. The molecule has 10 heteroatoms. The molecule has 0 aromatic carbocycles. The van der Waals surface area contributed by atoms with Crippen LogP contribution in [0.15, 0.2) is 35.4 Å². The van der Waals surface area contributed by atoms with Gasteiger partial charge in [0.05, 0.1) is 11.1 Å². The number of halogens is 3. The summed E-state index contributed by atoms with van der Waals surface area (Å²) < 4.78 is 43.5. The van der Waals surface area contributed by atoms with Gasteiger partial charge in [-0.15, -0.1) is 0 Å². The van der Waals surface area contributed by atoms with Crippen molar-refractivity contribution in [3.63, 3.8) is 0 Å². The Kier molecular flexibility index (Phi) is 4.76. The molecule has 0 radical (unpaired) electrons. The van der Waals surface area contributed by atoms with E-state index in [1.807, 2.05) is 0 Å². The molecular formula is C18H17F3N4O3. The molecule has 3 N–H and O–H groups in total. The highest BCUT2D eigenvalue weighted by Gasteiger charge is 2.36. The quantitative estimate of drug-likeness (QED) is 0.705. The zero-order valence-corrected chi connectivity index (χ0v) is 15.0. The van der Waals surface area contributed by atoms with Crippen LogP contribution in [-0.4, -0.2) is 31.1 Å². The molecule has 0 aliphatic carbocycles. The highest BCUT2D eigenvalue weighted by Crippen LogP contribution is 2.37. The van der Waals surface area contributed by atoms with E-state index in [9.17, 15) is 22.8 Å². The Morgan fingerprint density at radius 3 is 2.64 bits per heavy atom. The summed E-state index contributed by atoms with van der Waals surface area (Å²) in [5, 5.41) is 9.00. The van der Waals surface area contributed by atoms with Gasteiger partial charge in [0.2, 0.25) is 0 Å². The molecule has 0 bridgehead atoms. The second-order valence-corrected chi connectivity index (χ2v) is 6.44. The van der Waals surface area contributed by atoms with Crippen LogP contribution >= 0.6 is 0 Å². The Morgan fingerprint density at radius 2 is 2.04 bits per heavy atom. The van der Waals surface area contributed by atoms with Crippen LogP contribution in [0.4, 0.5) is 13.2 Å². The number of aryl methyl sites for hydroxylation is 1. The van der Waals surface area contributed by atoms with Crippen LogP contribution < -0.4 is 11.3 Å². The van der Waals surface area contributed by atoms with E-state index in [4.69, 9.17) is 10.8 Å². The van der Waals surface area contributed by atoms with Gasteiger partial charge in [0.25, 0.3) is 5.56 Å². The molecule has 28 heavy (non-hydrogen) atoms. The monoisotopic (exact) mass is 394 g/mol. The lowest BCUT2D eigenvalue weighted by molar-refractivity contribution is -0.139. The lowest BCUT2D eigenvalue weighted by Crippen LogP contribution is -2.33. The highest BCUT2D eigenvalue weighted by molar-refractivity contribution is 5.80. The van der Waals surface area contributed by atoms with Crippen molar-refractivity contribution < 1.29 is 23.1 Å². The van der Waals surface area contributed by atoms with Crippen molar-refractivity contribution in [3.8, 4) is 11.1 Å². The first kappa shape index (κ1) is 19.6. The molecule has 1 atom stereocenters. The zero-order chi connectivity index (χ0) is 20.8. The molecule has 3 rings (SSSR count). The van der Waals surface area contributed by atoms with Crippen molar-refractivity contribution >= 4 is 11.6 Å². The van der Waals surface area contributed by atoms with Gasteiger partial charge in [-0.3, -0.25) is 9.59 Å². The number of alkyl halides is 3. The number of aliphatic carboxylic acids is 1. The van der Waals surface area contributed by atoms with E-state index in [1.54, 1.807) is 0 Å². The van der Waals surface area contributed by atoms with Crippen LogP contribution in [-0.2, 0) is 24.4 Å². The third-order valence-corrected chi connectivity index (χ3v) is 4.62. The fourth-order valence-electron chi connectivity index (χ4n) is 3.05. The van der Waals surface area contributed by atoms with Crippen molar-refractivity contribution in [1.82, 2.24) is 14.0 Å². The summed E-state index contributed by atoms with van der Waals surface area (Å²) in [6.45, 7) is 1.42. The molecule has 148 valence electrons. The SMILES string of the molecule is Cc1cc(C(F)(F)F)c(-c2ccc(CC(N)C(=O)O)n3ccnc23)c(=O)n1C. The Hall–Kier alpha value is -3.14. The second kappa shape index (κ2) is 6.79. The van der Waals surface area contributed by atoms with Crippen molar-refractivity contribution in [2.45, 2.75) is 25.6 Å². The molecule has 1 unspecified atom stereocenters. The Morgan fingerprint density at radius 1 is 1.36 bits per heavy atom. The van der Waals surface area contributed by atoms with Gasteiger partial charge in [-0.25, -0.2) is 4.98 Å². The molecule has 0 amide bonds. The summed E-state index contributed by atoms with van der Waals surface area (Å²) in [4.78, 5) is 27.8. The van der Waals surface area contributed by atoms with Crippen molar-refractivity contribution in [2.75, 3.05) is 0 Å². The maximum absolute atomic E-state index is 13.6. The summed E-state index contributed by atoms with van der Waals surface area (Å²) in [6, 6.07) is 2.53. The third kappa shape index (κ3) is 3.26. The lowest BCUT2D eigenvalue weighted by atomic mass is 10.00. The standard InChI is InChI=1S/C18H17F3N4O3/c1-9-7-12(18(19,20)21)14(16(26)24(9)2)11-4-3-10(8-13(22)17(27)28)25-6-5-23-15(11)25/h3-7,13H,8,22H2,1-2H3,(H,27,28). The molecule has 0 aliphatic rings. The molecule has 0 fully saturated rings. The normalized spacial score (nSPS) is 13.1. The largest absolute Gasteiger partial charge is 0.480 e. The average molecular weight is 394 g/mol. The number of carboxylic acid groups (broad SMARTS) is 1. The van der Waals surface area contributed by atoms with Crippen LogP contribution in [0.25, 0.3) is 16.8 Å². The number of fused-ring (bicyclic) bond motifs is 1. The van der Waals surface area contributed by atoms with E-state index in [0.717, 1.165) is 10.6 Å². The van der Waals surface area contributed by atoms with E-state index in [-0.39, 0.29) is 23.3 Å². The van der Waals surface area contributed by atoms with E-state index in [0.29, 0.717) is 5.69 Å².